The van der Waals surface area contributed by atoms with Crippen LogP contribution in [0.3, 0.4) is 0 Å². The van der Waals surface area contributed by atoms with Crippen molar-refractivity contribution in [2.45, 2.75) is 63.7 Å². The van der Waals surface area contributed by atoms with E-state index in [1.807, 2.05) is 6.92 Å². The van der Waals surface area contributed by atoms with Crippen molar-refractivity contribution in [1.82, 2.24) is 0 Å². The van der Waals surface area contributed by atoms with Crippen LogP contribution in [0.25, 0.3) is 0 Å². The van der Waals surface area contributed by atoms with Crippen molar-refractivity contribution >= 4 is 5.97 Å². The molecule has 2 saturated heterocycles. The van der Waals surface area contributed by atoms with E-state index in [0.29, 0.717) is 6.61 Å². The number of hydrogen-bond acceptors (Lipinski definition) is 7. The van der Waals surface area contributed by atoms with Gasteiger partial charge in [-0.2, -0.15) is 0 Å². The molecule has 0 saturated carbocycles. The highest BCUT2D eigenvalue weighted by molar-refractivity contribution is 5.67. The molecule has 0 unspecified atom stereocenters. The minimum atomic E-state index is -1.21. The number of aliphatic carboxylic acids is 1. The number of carboxylic acids is 1. The van der Waals surface area contributed by atoms with E-state index in [0.717, 1.165) is 0 Å². The lowest BCUT2D eigenvalue weighted by Gasteiger charge is -2.27. The summed E-state index contributed by atoms with van der Waals surface area (Å²) in [5.41, 5.74) is 0. The van der Waals surface area contributed by atoms with Gasteiger partial charge in [0, 0.05) is 6.61 Å². The molecule has 2 aliphatic rings. The minimum Gasteiger partial charge on any atom is -0.481 e. The van der Waals surface area contributed by atoms with E-state index >= 15 is 0 Å². The Bertz CT molecular complexity index is 371. The Hall–Kier alpha value is -0.770. The van der Waals surface area contributed by atoms with Gasteiger partial charge in [0.15, 0.2) is 12.1 Å². The number of hydrogen-bond donors (Lipinski definition) is 2. The average Bonchev–Trinajstić information content (AvgIpc) is 2.82. The van der Waals surface area contributed by atoms with Crippen LogP contribution in [0, 0.1) is 0 Å². The van der Waals surface area contributed by atoms with Crippen LogP contribution >= 0.6 is 0 Å². The third-order valence-electron chi connectivity index (χ3n) is 3.34. The van der Waals surface area contributed by atoms with Gasteiger partial charge in [-0.1, -0.05) is 0 Å². The second-order valence-corrected chi connectivity index (χ2v) is 5.48. The van der Waals surface area contributed by atoms with Crippen LogP contribution in [-0.4, -0.2) is 66.1 Å². The molecule has 0 aromatic carbocycles. The zero-order valence-corrected chi connectivity index (χ0v) is 12.4. The highest BCUT2D eigenvalue weighted by Crippen LogP contribution is 2.39. The van der Waals surface area contributed by atoms with Crippen molar-refractivity contribution in [3.05, 3.63) is 0 Å². The van der Waals surface area contributed by atoms with Crippen molar-refractivity contribution in [2.75, 3.05) is 13.4 Å². The minimum absolute atomic E-state index is 0.00776. The van der Waals surface area contributed by atoms with Gasteiger partial charge in [-0.15, -0.1) is 0 Å². The zero-order chi connectivity index (χ0) is 15.6. The molecule has 0 radical (unpaired) electrons. The van der Waals surface area contributed by atoms with Gasteiger partial charge in [-0.05, 0) is 20.8 Å². The SMILES string of the molecule is CCOCO[C@@H]1[C@H]2OC(C)(C)O[C@H]2O[C@@H]1[C@H](O)CC(=O)O. The van der Waals surface area contributed by atoms with Crippen LogP contribution < -0.4 is 0 Å². The molecule has 0 aliphatic carbocycles. The van der Waals surface area contributed by atoms with Crippen molar-refractivity contribution in [3.8, 4) is 0 Å². The molecule has 0 bridgehead atoms. The topological polar surface area (TPSA) is 104 Å². The monoisotopic (exact) mass is 306 g/mol. The number of rotatable bonds is 7. The van der Waals surface area contributed by atoms with Gasteiger partial charge < -0.3 is 33.9 Å². The Kier molecular flexibility index (Phi) is 5.18. The maximum atomic E-state index is 10.7. The maximum Gasteiger partial charge on any atom is 0.306 e. The summed E-state index contributed by atoms with van der Waals surface area (Å²) < 4.78 is 27.6. The van der Waals surface area contributed by atoms with Gasteiger partial charge in [-0.25, -0.2) is 0 Å². The predicted octanol–water partition coefficient (Wildman–Crippen LogP) is 0.0776. The van der Waals surface area contributed by atoms with E-state index in [9.17, 15) is 9.90 Å². The summed E-state index contributed by atoms with van der Waals surface area (Å²) in [5, 5.41) is 18.8. The summed E-state index contributed by atoms with van der Waals surface area (Å²) in [6, 6.07) is 0. The van der Waals surface area contributed by atoms with Gasteiger partial charge in [0.1, 0.15) is 25.1 Å². The smallest absolute Gasteiger partial charge is 0.306 e. The molecule has 0 aromatic heterocycles. The molecule has 0 spiro atoms. The first-order chi connectivity index (χ1) is 9.84. The lowest BCUT2D eigenvalue weighted by molar-refractivity contribution is -0.236. The third kappa shape index (κ3) is 3.91. The van der Waals surface area contributed by atoms with Gasteiger partial charge in [0.2, 0.25) is 0 Å². The fraction of sp³-hybridized carbons (Fsp3) is 0.923. The van der Waals surface area contributed by atoms with Crippen LogP contribution in [0.5, 0.6) is 0 Å². The van der Waals surface area contributed by atoms with E-state index in [-0.39, 0.29) is 6.79 Å². The van der Waals surface area contributed by atoms with Crippen LogP contribution in [0.4, 0.5) is 0 Å². The molecule has 21 heavy (non-hydrogen) atoms. The predicted molar refractivity (Wildman–Crippen MR) is 68.3 cm³/mol. The van der Waals surface area contributed by atoms with Crippen molar-refractivity contribution in [1.29, 1.82) is 0 Å². The highest BCUT2D eigenvalue weighted by Gasteiger charge is 2.57. The molecule has 0 aromatic rings. The molecule has 2 fully saturated rings. The summed E-state index contributed by atoms with van der Waals surface area (Å²) in [6.45, 7) is 5.81. The number of aliphatic hydroxyl groups is 1. The van der Waals surface area contributed by atoms with Crippen LogP contribution in [0.1, 0.15) is 27.2 Å². The quantitative estimate of drug-likeness (QED) is 0.503. The van der Waals surface area contributed by atoms with Crippen molar-refractivity contribution in [2.24, 2.45) is 0 Å². The molecule has 2 N–H and O–H groups in total. The lowest BCUT2D eigenvalue weighted by atomic mass is 10.0. The van der Waals surface area contributed by atoms with Gasteiger partial charge in [-0.3, -0.25) is 4.79 Å². The summed E-state index contributed by atoms with van der Waals surface area (Å²) in [7, 11) is 0. The second-order valence-electron chi connectivity index (χ2n) is 5.48. The summed E-state index contributed by atoms with van der Waals surface area (Å²) in [5.74, 6) is -1.93. The number of carbonyl (C=O) groups is 1. The first-order valence-electron chi connectivity index (χ1n) is 6.94. The van der Waals surface area contributed by atoms with Gasteiger partial charge >= 0.3 is 5.97 Å². The van der Waals surface area contributed by atoms with E-state index in [1.165, 1.54) is 0 Å². The number of ether oxygens (including phenoxy) is 5. The molecule has 8 heteroatoms. The van der Waals surface area contributed by atoms with E-state index in [4.69, 9.17) is 28.8 Å². The molecular weight excluding hydrogens is 284 g/mol. The highest BCUT2D eigenvalue weighted by atomic mass is 16.8. The van der Waals surface area contributed by atoms with Gasteiger partial charge in [0.25, 0.3) is 0 Å². The fourth-order valence-electron chi connectivity index (χ4n) is 2.51. The normalized spacial score (nSPS) is 35.6. The zero-order valence-electron chi connectivity index (χ0n) is 12.4. The molecule has 2 rings (SSSR count). The third-order valence-corrected chi connectivity index (χ3v) is 3.34. The lowest BCUT2D eigenvalue weighted by Crippen LogP contribution is -2.43. The second kappa shape index (κ2) is 6.55. The van der Waals surface area contributed by atoms with Crippen LogP contribution in [0.15, 0.2) is 0 Å². The standard InChI is InChI=1S/C13H22O8/c1-4-17-6-18-10-9(7(14)5-8(15)16)19-12-11(10)20-13(2,3)21-12/h7,9-12,14H,4-6H2,1-3H3,(H,15,16)/t7-,9-,10+,11-,12-/m1/s1. The Morgan fingerprint density at radius 3 is 2.71 bits per heavy atom. The largest absolute Gasteiger partial charge is 0.481 e. The van der Waals surface area contributed by atoms with Crippen LogP contribution in [0.2, 0.25) is 0 Å². The Labute approximate surface area is 122 Å². The van der Waals surface area contributed by atoms with E-state index in [2.05, 4.69) is 0 Å². The maximum absolute atomic E-state index is 10.7. The molecule has 5 atom stereocenters. The first kappa shape index (κ1) is 16.6. The number of carboxylic acid groups (broad SMARTS) is 1. The van der Waals surface area contributed by atoms with E-state index in [1.54, 1.807) is 13.8 Å². The average molecular weight is 306 g/mol. The molecule has 122 valence electrons. The first-order valence-corrected chi connectivity index (χ1v) is 6.94. The Morgan fingerprint density at radius 1 is 1.38 bits per heavy atom. The Balaban J connectivity index is 2.04. The molecule has 0 amide bonds. The van der Waals surface area contributed by atoms with Crippen LogP contribution in [-0.2, 0) is 28.5 Å². The fourth-order valence-corrected chi connectivity index (χ4v) is 2.51. The number of fused-ring (bicyclic) bond motifs is 1. The van der Waals surface area contributed by atoms with Gasteiger partial charge in [0.05, 0.1) is 12.5 Å². The van der Waals surface area contributed by atoms with Crippen molar-refractivity contribution < 1.29 is 38.7 Å². The molecule has 2 heterocycles. The summed E-state index contributed by atoms with van der Waals surface area (Å²) in [6.07, 6.45) is -4.38. The molecular formula is C13H22O8. The Morgan fingerprint density at radius 2 is 2.10 bits per heavy atom. The molecule has 8 nitrogen and oxygen atoms in total. The van der Waals surface area contributed by atoms with E-state index < -0.39 is 48.9 Å². The number of aliphatic hydroxyl groups excluding tert-OH is 1. The van der Waals surface area contributed by atoms with Crippen molar-refractivity contribution in [3.63, 3.8) is 0 Å². The summed E-state index contributed by atoms with van der Waals surface area (Å²) in [4.78, 5) is 10.7. The summed E-state index contributed by atoms with van der Waals surface area (Å²) >= 11 is 0. The molecule has 2 aliphatic heterocycles.